The summed E-state index contributed by atoms with van der Waals surface area (Å²) in [6, 6.07) is 9.55. The normalized spacial score (nSPS) is 10.9. The Morgan fingerprint density at radius 1 is 1.08 bits per heavy atom. The van der Waals surface area contributed by atoms with Crippen LogP contribution < -0.4 is 10.2 Å². The summed E-state index contributed by atoms with van der Waals surface area (Å²) in [7, 11) is 0. The highest BCUT2D eigenvalue weighted by Crippen LogP contribution is 2.30. The van der Waals surface area contributed by atoms with E-state index in [2.05, 4.69) is 15.9 Å². The van der Waals surface area contributed by atoms with Crippen molar-refractivity contribution in [2.45, 2.75) is 12.8 Å². The Kier molecular flexibility index (Phi) is 5.28. The first-order valence-corrected chi connectivity index (χ1v) is 8.99. The summed E-state index contributed by atoms with van der Waals surface area (Å²) in [5, 5.41) is 20.4. The van der Waals surface area contributed by atoms with Crippen molar-refractivity contribution in [3.8, 4) is 28.4 Å². The number of aromatic hydroxyl groups is 2. The molecule has 0 amide bonds. The lowest BCUT2D eigenvalue weighted by atomic mass is 10.0. The molecule has 0 aliphatic heterocycles. The zero-order valence-electron chi connectivity index (χ0n) is 13.4. The number of benzene rings is 2. The van der Waals surface area contributed by atoms with Gasteiger partial charge in [-0.15, -0.1) is 0 Å². The number of unbranched alkanes of at least 4 members (excludes halogenated alkanes) is 1. The highest BCUT2D eigenvalue weighted by atomic mass is 79.9. The maximum Gasteiger partial charge on any atom is 0.204 e. The van der Waals surface area contributed by atoms with Crippen molar-refractivity contribution in [2.75, 3.05) is 11.9 Å². The first-order chi connectivity index (χ1) is 12.1. The highest BCUT2D eigenvalue weighted by Gasteiger charge is 2.14. The van der Waals surface area contributed by atoms with E-state index in [9.17, 15) is 15.0 Å². The number of halogens is 1. The Labute approximate surface area is 152 Å². The lowest BCUT2D eigenvalue weighted by Gasteiger charge is -2.07. The van der Waals surface area contributed by atoms with Gasteiger partial charge in [-0.05, 0) is 30.5 Å². The van der Waals surface area contributed by atoms with Crippen LogP contribution >= 0.6 is 15.9 Å². The number of hydrogen-bond donors (Lipinski definition) is 2. The fourth-order valence-corrected chi connectivity index (χ4v) is 2.93. The van der Waals surface area contributed by atoms with Crippen LogP contribution in [0.15, 0.2) is 51.9 Å². The largest absolute Gasteiger partial charge is 0.508 e. The predicted octanol–water partition coefficient (Wildman–Crippen LogP) is 4.43. The summed E-state index contributed by atoms with van der Waals surface area (Å²) in [5.74, 6) is 0.260. The maximum atomic E-state index is 12.7. The molecule has 0 aliphatic rings. The van der Waals surface area contributed by atoms with Gasteiger partial charge in [-0.1, -0.05) is 28.1 Å². The topological polar surface area (TPSA) is 79.9 Å². The second-order valence-electron chi connectivity index (χ2n) is 5.59. The van der Waals surface area contributed by atoms with Gasteiger partial charge in [0.15, 0.2) is 0 Å². The molecule has 25 heavy (non-hydrogen) atoms. The van der Waals surface area contributed by atoms with E-state index in [0.717, 1.165) is 30.0 Å². The SMILES string of the molecule is O=c1c(-c2ccc(OCCCCBr)cc2)coc2cc(O)cc(O)c12. The third kappa shape index (κ3) is 3.79. The lowest BCUT2D eigenvalue weighted by Crippen LogP contribution is -2.05. The molecular weight excluding hydrogens is 388 g/mol. The van der Waals surface area contributed by atoms with Crippen molar-refractivity contribution in [2.24, 2.45) is 0 Å². The Bertz CT molecular complexity index is 931. The molecule has 0 spiro atoms. The number of ether oxygens (including phenoxy) is 1. The van der Waals surface area contributed by atoms with Crippen molar-refractivity contribution < 1.29 is 19.4 Å². The minimum Gasteiger partial charge on any atom is -0.508 e. The van der Waals surface area contributed by atoms with E-state index in [-0.39, 0.29) is 27.9 Å². The summed E-state index contributed by atoms with van der Waals surface area (Å²) >= 11 is 3.38. The summed E-state index contributed by atoms with van der Waals surface area (Å²) in [5.41, 5.74) is 0.776. The zero-order valence-corrected chi connectivity index (χ0v) is 15.0. The molecule has 0 atom stereocenters. The Balaban J connectivity index is 1.89. The van der Waals surface area contributed by atoms with E-state index in [1.165, 1.54) is 12.3 Å². The standard InChI is InChI=1S/C19H17BrO5/c20-7-1-2-8-24-14-5-3-12(4-6-14)15-11-25-17-10-13(21)9-16(22)18(17)19(15)23/h3-6,9-11,21-22H,1-2,7-8H2. The van der Waals surface area contributed by atoms with Crippen LogP contribution in [0.25, 0.3) is 22.1 Å². The van der Waals surface area contributed by atoms with Crippen molar-refractivity contribution in [3.05, 3.63) is 52.9 Å². The molecule has 0 bridgehead atoms. The third-order valence-corrected chi connectivity index (χ3v) is 4.36. The molecule has 5 nitrogen and oxygen atoms in total. The molecule has 2 N–H and O–H groups in total. The molecule has 0 unspecified atom stereocenters. The molecule has 0 saturated heterocycles. The van der Waals surface area contributed by atoms with E-state index in [4.69, 9.17) is 9.15 Å². The van der Waals surface area contributed by atoms with Gasteiger partial charge in [-0.2, -0.15) is 0 Å². The van der Waals surface area contributed by atoms with E-state index in [0.29, 0.717) is 17.7 Å². The predicted molar refractivity (Wildman–Crippen MR) is 99.8 cm³/mol. The summed E-state index contributed by atoms with van der Waals surface area (Å²) in [4.78, 5) is 12.7. The first-order valence-electron chi connectivity index (χ1n) is 7.87. The van der Waals surface area contributed by atoms with E-state index in [1.54, 1.807) is 24.3 Å². The van der Waals surface area contributed by atoms with Gasteiger partial charge in [0.2, 0.25) is 5.43 Å². The van der Waals surface area contributed by atoms with Crippen molar-refractivity contribution in [1.82, 2.24) is 0 Å². The number of fused-ring (bicyclic) bond motifs is 1. The molecule has 3 rings (SSSR count). The van der Waals surface area contributed by atoms with E-state index >= 15 is 0 Å². The van der Waals surface area contributed by atoms with Gasteiger partial charge in [-0.3, -0.25) is 4.79 Å². The Morgan fingerprint density at radius 3 is 2.56 bits per heavy atom. The molecule has 2 aromatic carbocycles. The average Bonchev–Trinajstić information content (AvgIpc) is 2.59. The van der Waals surface area contributed by atoms with Crippen LogP contribution in [-0.4, -0.2) is 22.2 Å². The Hall–Kier alpha value is -2.47. The van der Waals surface area contributed by atoms with Crippen molar-refractivity contribution in [1.29, 1.82) is 0 Å². The van der Waals surface area contributed by atoms with Crippen LogP contribution in [0.5, 0.6) is 17.2 Å². The molecule has 1 aromatic heterocycles. The molecule has 0 saturated carbocycles. The molecule has 3 aromatic rings. The smallest absolute Gasteiger partial charge is 0.204 e. The van der Waals surface area contributed by atoms with Crippen LogP contribution in [0.3, 0.4) is 0 Å². The van der Waals surface area contributed by atoms with Crippen LogP contribution in [0.1, 0.15) is 12.8 Å². The summed E-state index contributed by atoms with van der Waals surface area (Å²) < 4.78 is 11.0. The van der Waals surface area contributed by atoms with Crippen LogP contribution in [0.2, 0.25) is 0 Å². The monoisotopic (exact) mass is 404 g/mol. The van der Waals surface area contributed by atoms with Gasteiger partial charge in [0.05, 0.1) is 12.2 Å². The minimum absolute atomic E-state index is 0.0467. The fraction of sp³-hybridized carbons (Fsp3) is 0.211. The van der Waals surface area contributed by atoms with Crippen molar-refractivity contribution in [3.63, 3.8) is 0 Å². The van der Waals surface area contributed by atoms with Crippen molar-refractivity contribution >= 4 is 26.9 Å². The molecule has 6 heteroatoms. The van der Waals surface area contributed by atoms with Gasteiger partial charge in [0.25, 0.3) is 0 Å². The van der Waals surface area contributed by atoms with Crippen LogP contribution in [0.4, 0.5) is 0 Å². The number of rotatable bonds is 6. The Morgan fingerprint density at radius 2 is 1.84 bits per heavy atom. The average molecular weight is 405 g/mol. The second kappa shape index (κ2) is 7.61. The third-order valence-electron chi connectivity index (χ3n) is 3.80. The fourth-order valence-electron chi connectivity index (χ4n) is 2.53. The van der Waals surface area contributed by atoms with Gasteiger partial charge in [0.1, 0.15) is 34.5 Å². The molecule has 1 heterocycles. The number of phenolic OH excluding ortho intramolecular Hbond substituents is 2. The van der Waals surface area contributed by atoms with Gasteiger partial charge in [-0.25, -0.2) is 0 Å². The van der Waals surface area contributed by atoms with Crippen LogP contribution in [0, 0.1) is 0 Å². The van der Waals surface area contributed by atoms with Crippen LogP contribution in [-0.2, 0) is 0 Å². The number of phenols is 2. The molecule has 0 radical (unpaired) electrons. The first kappa shape index (κ1) is 17.4. The molecule has 130 valence electrons. The zero-order chi connectivity index (χ0) is 17.8. The lowest BCUT2D eigenvalue weighted by molar-refractivity contribution is 0.310. The van der Waals surface area contributed by atoms with Gasteiger partial charge in [0, 0.05) is 17.5 Å². The second-order valence-corrected chi connectivity index (χ2v) is 6.38. The quantitative estimate of drug-likeness (QED) is 0.469. The minimum atomic E-state index is -0.357. The van der Waals surface area contributed by atoms with Gasteiger partial charge < -0.3 is 19.4 Å². The summed E-state index contributed by atoms with van der Waals surface area (Å²) in [6.45, 7) is 0.639. The number of hydrogen-bond acceptors (Lipinski definition) is 5. The highest BCUT2D eigenvalue weighted by molar-refractivity contribution is 9.09. The van der Waals surface area contributed by atoms with Gasteiger partial charge >= 0.3 is 0 Å². The molecule has 0 fully saturated rings. The molecular formula is C19H17BrO5. The van der Waals surface area contributed by atoms with E-state index < -0.39 is 0 Å². The van der Waals surface area contributed by atoms with E-state index in [1.807, 2.05) is 0 Å². The molecule has 0 aliphatic carbocycles. The maximum absolute atomic E-state index is 12.7. The number of alkyl halides is 1. The summed E-state index contributed by atoms with van der Waals surface area (Å²) in [6.07, 6.45) is 3.35.